The number of hydrazone groups is 1. The summed E-state index contributed by atoms with van der Waals surface area (Å²) in [5, 5.41) is 7.66. The predicted octanol–water partition coefficient (Wildman–Crippen LogP) is 5.43. The Morgan fingerprint density at radius 1 is 1.24 bits per heavy atom. The number of anilines is 1. The van der Waals surface area contributed by atoms with Gasteiger partial charge in [-0.3, -0.25) is 5.43 Å². The fourth-order valence-corrected chi connectivity index (χ4v) is 5.11. The van der Waals surface area contributed by atoms with Crippen LogP contribution in [0.5, 0.6) is 5.75 Å². The van der Waals surface area contributed by atoms with Crippen molar-refractivity contribution in [2.45, 2.75) is 40.0 Å². The molecule has 2 bridgehead atoms. The lowest BCUT2D eigenvalue weighted by Gasteiger charge is -2.33. The van der Waals surface area contributed by atoms with Gasteiger partial charge >= 0.3 is 0 Å². The highest BCUT2D eigenvalue weighted by atomic mass is 32.1. The molecular weight excluding hydrogens is 330 g/mol. The van der Waals surface area contributed by atoms with Crippen LogP contribution in [-0.2, 0) is 0 Å². The zero-order valence-corrected chi connectivity index (χ0v) is 16.1. The summed E-state index contributed by atoms with van der Waals surface area (Å²) >= 11 is 1.60. The highest BCUT2D eigenvalue weighted by Crippen LogP contribution is 2.64. The number of fused-ring (bicyclic) bond motifs is 2. The quantitative estimate of drug-likeness (QED) is 0.744. The molecule has 132 valence electrons. The minimum absolute atomic E-state index is 0.352. The smallest absolute Gasteiger partial charge is 0.203 e. The number of hydrogen-bond donors (Lipinski definition) is 1. The second-order valence-electron chi connectivity index (χ2n) is 8.03. The lowest BCUT2D eigenvalue weighted by atomic mass is 9.71. The molecule has 0 amide bonds. The molecule has 0 aliphatic heterocycles. The van der Waals surface area contributed by atoms with Gasteiger partial charge in [-0.05, 0) is 54.4 Å². The largest absolute Gasteiger partial charge is 0.497 e. The number of benzene rings is 1. The average molecular weight is 356 g/mol. The lowest BCUT2D eigenvalue weighted by molar-refractivity contribution is 0.152. The standard InChI is InChI=1S/C20H25N3OS/c1-19(2)15-9-10-20(19,3)11-16(15)22-23-18-21-17(12-25-18)13-5-7-14(24-4)8-6-13/h5-8,12,15H,9-11H2,1-4H3,(H,21,23)/b22-16+/t15-,20+/m0/s1. The van der Waals surface area contributed by atoms with E-state index < -0.39 is 0 Å². The summed E-state index contributed by atoms with van der Waals surface area (Å²) in [6.07, 6.45) is 3.69. The normalized spacial score (nSPS) is 28.5. The Morgan fingerprint density at radius 2 is 2.00 bits per heavy atom. The van der Waals surface area contributed by atoms with Crippen molar-refractivity contribution in [2.24, 2.45) is 21.8 Å². The average Bonchev–Trinajstić information content (AvgIpc) is 3.22. The number of thiazole rings is 1. The van der Waals surface area contributed by atoms with E-state index in [2.05, 4.69) is 36.6 Å². The van der Waals surface area contributed by atoms with Crippen molar-refractivity contribution in [1.29, 1.82) is 0 Å². The first-order chi connectivity index (χ1) is 11.9. The molecule has 4 rings (SSSR count). The van der Waals surface area contributed by atoms with Crippen LogP contribution in [-0.4, -0.2) is 17.8 Å². The first-order valence-corrected chi connectivity index (χ1v) is 9.73. The van der Waals surface area contributed by atoms with Crippen molar-refractivity contribution in [3.63, 3.8) is 0 Å². The fraction of sp³-hybridized carbons (Fsp3) is 0.500. The summed E-state index contributed by atoms with van der Waals surface area (Å²) in [6, 6.07) is 7.98. The maximum atomic E-state index is 5.21. The first-order valence-electron chi connectivity index (χ1n) is 8.85. The van der Waals surface area contributed by atoms with Crippen LogP contribution in [0.1, 0.15) is 40.0 Å². The molecule has 5 heteroatoms. The van der Waals surface area contributed by atoms with E-state index in [1.54, 1.807) is 18.4 Å². The number of nitrogens with zero attached hydrogens (tertiary/aromatic N) is 2. The lowest BCUT2D eigenvalue weighted by Crippen LogP contribution is -2.26. The van der Waals surface area contributed by atoms with E-state index in [9.17, 15) is 0 Å². The molecule has 1 heterocycles. The number of methoxy groups -OCH3 is 1. The van der Waals surface area contributed by atoms with Crippen LogP contribution in [0.25, 0.3) is 11.3 Å². The van der Waals surface area contributed by atoms with E-state index in [0.29, 0.717) is 16.7 Å². The Bertz CT molecular complexity index is 806. The summed E-state index contributed by atoms with van der Waals surface area (Å²) in [5.74, 6) is 1.46. The molecule has 2 atom stereocenters. The number of aromatic nitrogens is 1. The topological polar surface area (TPSA) is 46.5 Å². The Morgan fingerprint density at radius 3 is 2.60 bits per heavy atom. The van der Waals surface area contributed by atoms with Gasteiger partial charge in [-0.25, -0.2) is 4.98 Å². The zero-order chi connectivity index (χ0) is 17.7. The molecule has 1 aromatic heterocycles. The third-order valence-electron chi connectivity index (χ3n) is 6.57. The van der Waals surface area contributed by atoms with Gasteiger partial charge < -0.3 is 4.74 Å². The third kappa shape index (κ3) is 2.65. The molecule has 2 aliphatic rings. The first kappa shape index (κ1) is 16.6. The van der Waals surface area contributed by atoms with E-state index in [1.807, 2.05) is 24.3 Å². The molecule has 0 unspecified atom stereocenters. The van der Waals surface area contributed by atoms with Crippen molar-refractivity contribution in [3.05, 3.63) is 29.6 Å². The molecule has 2 saturated carbocycles. The van der Waals surface area contributed by atoms with Crippen LogP contribution in [0.4, 0.5) is 5.13 Å². The molecular formula is C20H25N3OS. The summed E-state index contributed by atoms with van der Waals surface area (Å²) in [7, 11) is 1.68. The van der Waals surface area contributed by atoms with E-state index in [-0.39, 0.29) is 0 Å². The minimum atomic E-state index is 0.352. The molecule has 2 aliphatic carbocycles. The fourth-order valence-electron chi connectivity index (χ4n) is 4.45. The van der Waals surface area contributed by atoms with Gasteiger partial charge in [-0.2, -0.15) is 5.10 Å². The van der Waals surface area contributed by atoms with E-state index >= 15 is 0 Å². The third-order valence-corrected chi connectivity index (χ3v) is 7.32. The van der Waals surface area contributed by atoms with Crippen molar-refractivity contribution < 1.29 is 4.74 Å². The predicted molar refractivity (Wildman–Crippen MR) is 104 cm³/mol. The monoisotopic (exact) mass is 355 g/mol. The summed E-state index contributed by atoms with van der Waals surface area (Å²) in [4.78, 5) is 4.67. The highest BCUT2D eigenvalue weighted by molar-refractivity contribution is 7.14. The van der Waals surface area contributed by atoms with E-state index in [1.165, 1.54) is 18.6 Å². The van der Waals surface area contributed by atoms with Crippen LogP contribution >= 0.6 is 11.3 Å². The summed E-state index contributed by atoms with van der Waals surface area (Å²) in [6.45, 7) is 7.22. The van der Waals surface area contributed by atoms with Crippen LogP contribution in [0.2, 0.25) is 0 Å². The van der Waals surface area contributed by atoms with Gasteiger partial charge in [0.25, 0.3) is 0 Å². The molecule has 0 spiro atoms. The molecule has 2 aromatic rings. The molecule has 0 radical (unpaired) electrons. The van der Waals surface area contributed by atoms with Gasteiger partial charge in [0.2, 0.25) is 5.13 Å². The summed E-state index contributed by atoms with van der Waals surface area (Å²) in [5.41, 5.74) is 7.34. The molecule has 0 saturated heterocycles. The Balaban J connectivity index is 1.49. The van der Waals surface area contributed by atoms with Crippen molar-refractivity contribution in [1.82, 2.24) is 4.98 Å². The van der Waals surface area contributed by atoms with Gasteiger partial charge in [-0.15, -0.1) is 11.3 Å². The van der Waals surface area contributed by atoms with Crippen LogP contribution in [0.15, 0.2) is 34.7 Å². The zero-order valence-electron chi connectivity index (χ0n) is 15.3. The minimum Gasteiger partial charge on any atom is -0.497 e. The Labute approximate surface area is 153 Å². The molecule has 4 nitrogen and oxygen atoms in total. The second-order valence-corrected chi connectivity index (χ2v) is 8.89. The van der Waals surface area contributed by atoms with Crippen molar-refractivity contribution in [3.8, 4) is 17.0 Å². The van der Waals surface area contributed by atoms with Gasteiger partial charge in [0.1, 0.15) is 5.75 Å². The van der Waals surface area contributed by atoms with E-state index in [0.717, 1.165) is 28.6 Å². The second kappa shape index (κ2) is 5.84. The number of rotatable bonds is 4. The molecule has 25 heavy (non-hydrogen) atoms. The SMILES string of the molecule is COc1ccc(-c2csc(N/N=C3\C[C@@]4(C)CC[C@@H]3C4(C)C)n2)cc1. The number of ether oxygens (including phenoxy) is 1. The van der Waals surface area contributed by atoms with Crippen LogP contribution in [0.3, 0.4) is 0 Å². The molecule has 1 N–H and O–H groups in total. The molecule has 2 fully saturated rings. The Kier molecular flexibility index (Phi) is 3.87. The number of nitrogens with one attached hydrogen (secondary N) is 1. The van der Waals surface area contributed by atoms with Crippen LogP contribution in [0, 0.1) is 16.7 Å². The van der Waals surface area contributed by atoms with Crippen molar-refractivity contribution in [2.75, 3.05) is 12.5 Å². The maximum Gasteiger partial charge on any atom is 0.203 e. The van der Waals surface area contributed by atoms with Gasteiger partial charge in [0, 0.05) is 22.6 Å². The van der Waals surface area contributed by atoms with Gasteiger partial charge in [0.15, 0.2) is 0 Å². The van der Waals surface area contributed by atoms with Crippen LogP contribution < -0.4 is 10.2 Å². The summed E-state index contributed by atoms with van der Waals surface area (Å²) < 4.78 is 5.21. The number of hydrogen-bond acceptors (Lipinski definition) is 5. The Hall–Kier alpha value is -1.88. The van der Waals surface area contributed by atoms with E-state index in [4.69, 9.17) is 9.84 Å². The highest BCUT2D eigenvalue weighted by Gasteiger charge is 2.59. The molecule has 1 aromatic carbocycles. The van der Waals surface area contributed by atoms with Crippen molar-refractivity contribution >= 4 is 22.2 Å². The maximum absolute atomic E-state index is 5.21. The van der Waals surface area contributed by atoms with Gasteiger partial charge in [0.05, 0.1) is 12.8 Å². The van der Waals surface area contributed by atoms with Gasteiger partial charge in [-0.1, -0.05) is 20.8 Å².